The third kappa shape index (κ3) is 7.79. The van der Waals surface area contributed by atoms with Gasteiger partial charge >= 0.3 is 12.0 Å². The van der Waals surface area contributed by atoms with Crippen LogP contribution in [0.2, 0.25) is 0 Å². The number of urea groups is 1. The number of nitrogens with zero attached hydrogens (tertiary/aromatic N) is 3. The number of carbonyl (C=O) groups is 3. The Morgan fingerprint density at radius 2 is 1.60 bits per heavy atom. The van der Waals surface area contributed by atoms with Gasteiger partial charge in [0.1, 0.15) is 18.1 Å². The van der Waals surface area contributed by atoms with Gasteiger partial charge in [-0.25, -0.2) is 14.3 Å². The van der Waals surface area contributed by atoms with Gasteiger partial charge in [0.2, 0.25) is 5.91 Å². The summed E-state index contributed by atoms with van der Waals surface area (Å²) in [6, 6.07) is 23.1. The summed E-state index contributed by atoms with van der Waals surface area (Å²) in [4.78, 5) is 40.3. The van der Waals surface area contributed by atoms with Crippen LogP contribution in [-0.2, 0) is 9.53 Å². The van der Waals surface area contributed by atoms with Gasteiger partial charge in [-0.05, 0) is 73.9 Å². The zero-order valence-electron chi connectivity index (χ0n) is 25.1. The number of esters is 1. The summed E-state index contributed by atoms with van der Waals surface area (Å²) in [6.45, 7) is 8.02. The first-order valence-corrected chi connectivity index (χ1v) is 14.1. The Morgan fingerprint density at radius 1 is 0.930 bits per heavy atom. The minimum atomic E-state index is -0.434. The molecule has 4 aromatic rings. The normalized spacial score (nSPS) is 10.7. The van der Waals surface area contributed by atoms with E-state index >= 15 is 0 Å². The van der Waals surface area contributed by atoms with Gasteiger partial charge in [0.25, 0.3) is 0 Å². The predicted molar refractivity (Wildman–Crippen MR) is 167 cm³/mol. The molecule has 0 spiro atoms. The topological polar surface area (TPSA) is 115 Å². The maximum absolute atomic E-state index is 13.6. The van der Waals surface area contributed by atoms with E-state index in [1.807, 2.05) is 75.4 Å². The van der Waals surface area contributed by atoms with Crippen molar-refractivity contribution in [1.82, 2.24) is 14.7 Å². The molecule has 3 amide bonds. The van der Waals surface area contributed by atoms with Crippen molar-refractivity contribution in [1.29, 1.82) is 0 Å². The van der Waals surface area contributed by atoms with Gasteiger partial charge in [-0.15, -0.1) is 0 Å². The van der Waals surface area contributed by atoms with Crippen molar-refractivity contribution in [2.45, 2.75) is 27.7 Å². The number of nitrogens with one attached hydrogen (secondary N) is 2. The van der Waals surface area contributed by atoms with Crippen molar-refractivity contribution < 1.29 is 23.9 Å². The Labute approximate surface area is 251 Å². The number of amides is 3. The van der Waals surface area contributed by atoms with E-state index in [2.05, 4.69) is 10.6 Å². The highest BCUT2D eigenvalue weighted by Gasteiger charge is 2.23. The van der Waals surface area contributed by atoms with Crippen molar-refractivity contribution in [3.63, 3.8) is 0 Å². The summed E-state index contributed by atoms with van der Waals surface area (Å²) in [7, 11) is 1.60. The van der Waals surface area contributed by atoms with Gasteiger partial charge < -0.3 is 25.0 Å². The van der Waals surface area contributed by atoms with Crippen LogP contribution in [-0.4, -0.2) is 59.4 Å². The summed E-state index contributed by atoms with van der Waals surface area (Å²) < 4.78 is 12.0. The predicted octanol–water partition coefficient (Wildman–Crippen LogP) is 6.16. The molecule has 0 unspecified atom stereocenters. The van der Waals surface area contributed by atoms with Crippen LogP contribution in [0, 0.1) is 12.8 Å². The van der Waals surface area contributed by atoms with Gasteiger partial charge in [0.05, 0.1) is 30.7 Å². The van der Waals surface area contributed by atoms with Crippen molar-refractivity contribution >= 4 is 29.4 Å². The Kier molecular flexibility index (Phi) is 10.2. The van der Waals surface area contributed by atoms with Gasteiger partial charge in [-0.2, -0.15) is 5.10 Å². The molecule has 43 heavy (non-hydrogen) atoms. The molecule has 0 saturated carbocycles. The Hall–Kier alpha value is -5.12. The van der Waals surface area contributed by atoms with Gasteiger partial charge in [-0.3, -0.25) is 4.79 Å². The number of rotatable bonds is 11. The molecule has 3 aromatic carbocycles. The first-order chi connectivity index (χ1) is 20.7. The number of benzene rings is 3. The van der Waals surface area contributed by atoms with Gasteiger partial charge in [0.15, 0.2) is 0 Å². The Morgan fingerprint density at radius 3 is 2.21 bits per heavy atom. The van der Waals surface area contributed by atoms with Crippen LogP contribution >= 0.6 is 0 Å². The van der Waals surface area contributed by atoms with Gasteiger partial charge in [-0.1, -0.05) is 44.2 Å². The quantitative estimate of drug-likeness (QED) is 0.204. The molecule has 0 radical (unpaired) electrons. The van der Waals surface area contributed by atoms with Crippen LogP contribution in [0.5, 0.6) is 5.75 Å². The monoisotopic (exact) mass is 583 g/mol. The number of aromatic nitrogens is 2. The molecule has 0 aliphatic rings. The number of aryl methyl sites for hydroxylation is 1. The van der Waals surface area contributed by atoms with Crippen molar-refractivity contribution in [2.24, 2.45) is 5.92 Å². The van der Waals surface area contributed by atoms with E-state index in [9.17, 15) is 14.4 Å². The summed E-state index contributed by atoms with van der Waals surface area (Å²) in [5.74, 6) is 0.500. The van der Waals surface area contributed by atoms with E-state index in [1.165, 1.54) is 4.90 Å². The minimum Gasteiger partial charge on any atom is -0.497 e. The van der Waals surface area contributed by atoms with Crippen LogP contribution in [0.25, 0.3) is 16.8 Å². The summed E-state index contributed by atoms with van der Waals surface area (Å²) in [5.41, 5.74) is 4.04. The lowest BCUT2D eigenvalue weighted by molar-refractivity contribution is -0.116. The first kappa shape index (κ1) is 30.8. The molecule has 1 heterocycles. The molecule has 0 fully saturated rings. The standard InChI is InChI=1S/C33H37N5O5/c1-6-43-32(40)25-12-14-26(15-13-25)34-33(41)37(20-22(2)3)21-29(39)35-31-30(24-10-8-7-9-11-24)23(4)36-38(31)27-16-18-28(42-5)19-17-27/h7-19,22H,6,20-21H2,1-5H3,(H,34,41)(H,35,39). The second-order valence-electron chi connectivity index (χ2n) is 10.3. The first-order valence-electron chi connectivity index (χ1n) is 14.1. The van der Waals surface area contributed by atoms with E-state index in [4.69, 9.17) is 14.6 Å². The van der Waals surface area contributed by atoms with E-state index in [0.717, 1.165) is 22.5 Å². The van der Waals surface area contributed by atoms with Crippen molar-refractivity contribution in [3.05, 3.63) is 90.1 Å². The van der Waals surface area contributed by atoms with Crippen LogP contribution in [0.4, 0.5) is 16.3 Å². The van der Waals surface area contributed by atoms with Crippen LogP contribution < -0.4 is 15.4 Å². The average Bonchev–Trinajstić information content (AvgIpc) is 3.32. The lowest BCUT2D eigenvalue weighted by atomic mass is 10.1. The van der Waals surface area contributed by atoms with E-state index in [1.54, 1.807) is 43.0 Å². The fraction of sp³-hybridized carbons (Fsp3) is 0.273. The van der Waals surface area contributed by atoms with Crippen molar-refractivity contribution in [3.8, 4) is 22.6 Å². The highest BCUT2D eigenvalue weighted by molar-refractivity contribution is 5.99. The SMILES string of the molecule is CCOC(=O)c1ccc(NC(=O)N(CC(=O)Nc2c(-c3ccccc3)c(C)nn2-c2ccc(OC)cc2)CC(C)C)cc1. The lowest BCUT2D eigenvalue weighted by Crippen LogP contribution is -2.42. The fourth-order valence-corrected chi connectivity index (χ4v) is 4.61. The maximum Gasteiger partial charge on any atom is 0.338 e. The third-order valence-corrected chi connectivity index (χ3v) is 6.55. The highest BCUT2D eigenvalue weighted by atomic mass is 16.5. The molecule has 4 rings (SSSR count). The minimum absolute atomic E-state index is 0.108. The molecule has 0 aliphatic heterocycles. The largest absolute Gasteiger partial charge is 0.497 e. The van der Waals surface area contributed by atoms with E-state index in [0.29, 0.717) is 29.4 Å². The summed E-state index contributed by atoms with van der Waals surface area (Å²) in [6.07, 6.45) is 0. The van der Waals surface area contributed by atoms with E-state index < -0.39 is 12.0 Å². The number of carbonyl (C=O) groups excluding carboxylic acids is 3. The molecule has 224 valence electrons. The fourth-order valence-electron chi connectivity index (χ4n) is 4.61. The number of methoxy groups -OCH3 is 1. The van der Waals surface area contributed by atoms with Crippen LogP contribution in [0.3, 0.4) is 0 Å². The van der Waals surface area contributed by atoms with Crippen LogP contribution in [0.15, 0.2) is 78.9 Å². The smallest absolute Gasteiger partial charge is 0.338 e. The molecule has 1 aromatic heterocycles. The third-order valence-electron chi connectivity index (χ3n) is 6.55. The molecule has 0 bridgehead atoms. The zero-order valence-corrected chi connectivity index (χ0v) is 25.1. The number of hydrogen-bond donors (Lipinski definition) is 2. The molecular weight excluding hydrogens is 546 g/mol. The second-order valence-corrected chi connectivity index (χ2v) is 10.3. The molecule has 2 N–H and O–H groups in total. The highest BCUT2D eigenvalue weighted by Crippen LogP contribution is 2.33. The number of hydrogen-bond acceptors (Lipinski definition) is 6. The number of anilines is 2. The molecular formula is C33H37N5O5. The Balaban J connectivity index is 1.58. The molecule has 10 nitrogen and oxygen atoms in total. The summed E-state index contributed by atoms with van der Waals surface area (Å²) in [5, 5.41) is 10.6. The molecule has 0 atom stereocenters. The zero-order chi connectivity index (χ0) is 30.9. The van der Waals surface area contributed by atoms with Crippen LogP contribution in [0.1, 0.15) is 36.8 Å². The molecule has 10 heteroatoms. The van der Waals surface area contributed by atoms with Gasteiger partial charge in [0, 0.05) is 17.8 Å². The molecule has 0 saturated heterocycles. The maximum atomic E-state index is 13.6. The van der Waals surface area contributed by atoms with E-state index in [-0.39, 0.29) is 25.0 Å². The lowest BCUT2D eigenvalue weighted by Gasteiger charge is -2.24. The average molecular weight is 584 g/mol. The molecule has 0 aliphatic carbocycles. The summed E-state index contributed by atoms with van der Waals surface area (Å²) >= 11 is 0. The number of ether oxygens (including phenoxy) is 2. The van der Waals surface area contributed by atoms with Crippen molar-refractivity contribution in [2.75, 3.05) is 37.4 Å². The second kappa shape index (κ2) is 14.2. The Bertz CT molecular complexity index is 1550.